The molecule has 0 aliphatic heterocycles. The van der Waals surface area contributed by atoms with Crippen LogP contribution in [-0.4, -0.2) is 0 Å². The highest BCUT2D eigenvalue weighted by Crippen LogP contribution is 2.28. The molecule has 0 aliphatic rings. The van der Waals surface area contributed by atoms with Crippen molar-refractivity contribution >= 4 is 32.8 Å². The third-order valence-corrected chi connectivity index (χ3v) is 3.28. The van der Waals surface area contributed by atoms with Crippen LogP contribution in [0.1, 0.15) is 0 Å². The van der Waals surface area contributed by atoms with Gasteiger partial charge >= 0.3 is 0 Å². The summed E-state index contributed by atoms with van der Waals surface area (Å²) in [6.45, 7) is 0. The lowest BCUT2D eigenvalue weighted by atomic mass is 10.1. The van der Waals surface area contributed by atoms with E-state index in [-0.39, 0.29) is 0 Å². The molecule has 0 amide bonds. The molecular formula is C14H10N2S. The second-order valence-corrected chi connectivity index (χ2v) is 4.58. The van der Waals surface area contributed by atoms with E-state index in [2.05, 4.69) is 28.4 Å². The van der Waals surface area contributed by atoms with Crippen molar-refractivity contribution in [2.24, 2.45) is 10.2 Å². The first-order valence-electron chi connectivity index (χ1n) is 5.36. The Morgan fingerprint density at radius 1 is 0.765 bits per heavy atom. The van der Waals surface area contributed by atoms with Gasteiger partial charge in [-0.1, -0.05) is 36.4 Å². The van der Waals surface area contributed by atoms with Gasteiger partial charge in [-0.25, -0.2) is 0 Å². The average molecular weight is 238 g/mol. The molecule has 0 unspecified atom stereocenters. The minimum Gasteiger partial charge on any atom is -0.149 e. The van der Waals surface area contributed by atoms with Gasteiger partial charge < -0.3 is 0 Å². The quantitative estimate of drug-likeness (QED) is 0.540. The van der Waals surface area contributed by atoms with E-state index >= 15 is 0 Å². The first-order valence-corrected chi connectivity index (χ1v) is 6.24. The van der Waals surface area contributed by atoms with E-state index in [1.165, 1.54) is 5.39 Å². The van der Waals surface area contributed by atoms with Crippen molar-refractivity contribution in [2.45, 2.75) is 0 Å². The van der Waals surface area contributed by atoms with Gasteiger partial charge in [-0.05, 0) is 29.0 Å². The van der Waals surface area contributed by atoms with Gasteiger partial charge in [0.15, 0.2) is 0 Å². The predicted octanol–water partition coefficient (Wildman–Crippen LogP) is 5.32. The van der Waals surface area contributed by atoms with E-state index in [9.17, 15) is 0 Å². The fourth-order valence-electron chi connectivity index (χ4n) is 1.73. The molecular weight excluding hydrogens is 228 g/mol. The van der Waals surface area contributed by atoms with Gasteiger partial charge in [-0.2, -0.15) is 0 Å². The molecule has 0 aliphatic carbocycles. The van der Waals surface area contributed by atoms with Gasteiger partial charge in [-0.3, -0.25) is 0 Å². The summed E-state index contributed by atoms with van der Waals surface area (Å²) in [7, 11) is 0. The summed E-state index contributed by atoms with van der Waals surface area (Å²) < 4.78 is 0. The maximum absolute atomic E-state index is 4.31. The maximum Gasteiger partial charge on any atom is 0.138 e. The van der Waals surface area contributed by atoms with Crippen LogP contribution in [0.4, 0.5) is 10.7 Å². The number of thiophene rings is 1. The lowest BCUT2D eigenvalue weighted by molar-refractivity contribution is 1.27. The number of hydrogen-bond donors (Lipinski definition) is 0. The Kier molecular flexibility index (Phi) is 2.68. The molecule has 0 fully saturated rings. The summed E-state index contributed by atoms with van der Waals surface area (Å²) >= 11 is 1.59. The molecule has 3 heteroatoms. The zero-order valence-electron chi connectivity index (χ0n) is 9.08. The average Bonchev–Trinajstić information content (AvgIpc) is 2.89. The summed E-state index contributed by atoms with van der Waals surface area (Å²) in [5.41, 5.74) is 0.913. The first-order chi connectivity index (χ1) is 8.43. The Labute approximate surface area is 103 Å². The Morgan fingerprint density at radius 2 is 1.65 bits per heavy atom. The van der Waals surface area contributed by atoms with Gasteiger partial charge in [-0.15, -0.1) is 21.6 Å². The van der Waals surface area contributed by atoms with Crippen LogP contribution in [0, 0.1) is 0 Å². The van der Waals surface area contributed by atoms with Crippen LogP contribution in [-0.2, 0) is 0 Å². The normalized spacial score (nSPS) is 11.3. The standard InChI is InChI=1S/C14H10N2S/c1-2-7-12-11(5-1)6-3-8-13(12)15-16-14-9-4-10-17-14/h1-10H. The van der Waals surface area contributed by atoms with Crippen molar-refractivity contribution in [2.75, 3.05) is 0 Å². The lowest BCUT2D eigenvalue weighted by Crippen LogP contribution is -1.71. The fraction of sp³-hybridized carbons (Fsp3) is 0. The number of hydrogen-bond acceptors (Lipinski definition) is 3. The lowest BCUT2D eigenvalue weighted by Gasteiger charge is -1.99. The smallest absolute Gasteiger partial charge is 0.138 e. The molecule has 0 saturated carbocycles. The molecule has 2 nitrogen and oxygen atoms in total. The van der Waals surface area contributed by atoms with E-state index < -0.39 is 0 Å². The van der Waals surface area contributed by atoms with Crippen molar-refractivity contribution in [3.63, 3.8) is 0 Å². The van der Waals surface area contributed by atoms with E-state index in [4.69, 9.17) is 0 Å². The minimum absolute atomic E-state index is 0.913. The van der Waals surface area contributed by atoms with Crippen LogP contribution in [0.25, 0.3) is 10.8 Å². The summed E-state index contributed by atoms with van der Waals surface area (Å²) in [6, 6.07) is 18.2. The summed E-state index contributed by atoms with van der Waals surface area (Å²) in [6.07, 6.45) is 0. The van der Waals surface area contributed by atoms with Crippen LogP contribution in [0.5, 0.6) is 0 Å². The second kappa shape index (κ2) is 4.47. The van der Waals surface area contributed by atoms with Gasteiger partial charge in [0.25, 0.3) is 0 Å². The zero-order chi connectivity index (χ0) is 11.5. The Bertz CT molecular complexity index is 652. The highest BCUT2D eigenvalue weighted by molar-refractivity contribution is 7.13. The third-order valence-electron chi connectivity index (χ3n) is 2.53. The number of benzene rings is 2. The Morgan fingerprint density at radius 3 is 2.53 bits per heavy atom. The Balaban J connectivity index is 2.06. The van der Waals surface area contributed by atoms with E-state index in [0.717, 1.165) is 16.1 Å². The van der Waals surface area contributed by atoms with Gasteiger partial charge in [0.2, 0.25) is 0 Å². The summed E-state index contributed by atoms with van der Waals surface area (Å²) in [5.74, 6) is 0. The molecule has 0 bridgehead atoms. The molecule has 3 rings (SSSR count). The Hall–Kier alpha value is -2.00. The van der Waals surface area contributed by atoms with Gasteiger partial charge in [0.05, 0.1) is 5.69 Å². The highest BCUT2D eigenvalue weighted by atomic mass is 32.1. The molecule has 0 N–H and O–H groups in total. The fourth-order valence-corrected chi connectivity index (χ4v) is 2.27. The molecule has 3 aromatic rings. The number of rotatable bonds is 2. The van der Waals surface area contributed by atoms with Crippen LogP contribution in [0.15, 0.2) is 70.2 Å². The predicted molar refractivity (Wildman–Crippen MR) is 72.4 cm³/mol. The largest absolute Gasteiger partial charge is 0.149 e. The molecule has 0 atom stereocenters. The van der Waals surface area contributed by atoms with Crippen molar-refractivity contribution in [3.05, 3.63) is 60.0 Å². The number of nitrogens with zero attached hydrogens (tertiary/aromatic N) is 2. The second-order valence-electron chi connectivity index (χ2n) is 3.65. The molecule has 1 aromatic heterocycles. The van der Waals surface area contributed by atoms with Crippen molar-refractivity contribution < 1.29 is 0 Å². The summed E-state index contributed by atoms with van der Waals surface area (Å²) in [5, 5.41) is 13.8. The van der Waals surface area contributed by atoms with Crippen molar-refractivity contribution in [1.29, 1.82) is 0 Å². The molecule has 0 radical (unpaired) electrons. The van der Waals surface area contributed by atoms with Crippen molar-refractivity contribution in [1.82, 2.24) is 0 Å². The molecule has 0 spiro atoms. The third kappa shape index (κ3) is 2.10. The van der Waals surface area contributed by atoms with E-state index in [1.807, 2.05) is 41.8 Å². The highest BCUT2D eigenvalue weighted by Gasteiger charge is 1.98. The number of fused-ring (bicyclic) bond motifs is 1. The molecule has 0 saturated heterocycles. The molecule has 1 heterocycles. The molecule has 2 aromatic carbocycles. The van der Waals surface area contributed by atoms with Crippen LogP contribution >= 0.6 is 11.3 Å². The summed E-state index contributed by atoms with van der Waals surface area (Å²) in [4.78, 5) is 0. The van der Waals surface area contributed by atoms with Crippen molar-refractivity contribution in [3.8, 4) is 0 Å². The molecule has 17 heavy (non-hydrogen) atoms. The number of azo groups is 1. The first kappa shape index (κ1) is 10.2. The zero-order valence-corrected chi connectivity index (χ0v) is 9.89. The SMILES string of the molecule is c1csc(N=Nc2cccc3ccccc23)c1. The van der Waals surface area contributed by atoms with Crippen LogP contribution in [0.3, 0.4) is 0 Å². The minimum atomic E-state index is 0.913. The maximum atomic E-state index is 4.31. The van der Waals surface area contributed by atoms with E-state index in [0.29, 0.717) is 0 Å². The van der Waals surface area contributed by atoms with Crippen LogP contribution < -0.4 is 0 Å². The van der Waals surface area contributed by atoms with E-state index in [1.54, 1.807) is 11.3 Å². The monoisotopic (exact) mass is 238 g/mol. The molecule has 82 valence electrons. The van der Waals surface area contributed by atoms with Gasteiger partial charge in [0, 0.05) is 5.39 Å². The van der Waals surface area contributed by atoms with Crippen LogP contribution in [0.2, 0.25) is 0 Å². The van der Waals surface area contributed by atoms with Gasteiger partial charge in [0.1, 0.15) is 5.00 Å². The topological polar surface area (TPSA) is 24.7 Å².